The smallest absolute Gasteiger partial charge is 0.341 e. The molecule has 0 aliphatic carbocycles. The second-order valence-corrected chi connectivity index (χ2v) is 6.78. The molecule has 5 nitrogen and oxygen atoms in total. The summed E-state index contributed by atoms with van der Waals surface area (Å²) < 4.78 is 70.8. The Hall–Kier alpha value is -2.55. The number of halogens is 3. The van der Waals surface area contributed by atoms with Crippen LogP contribution in [0.15, 0.2) is 47.4 Å². The first-order valence-electron chi connectivity index (χ1n) is 6.87. The van der Waals surface area contributed by atoms with Gasteiger partial charge in [0, 0.05) is 5.56 Å². The highest BCUT2D eigenvalue weighted by molar-refractivity contribution is 7.91. The van der Waals surface area contributed by atoms with Crippen molar-refractivity contribution in [3.8, 4) is 5.75 Å². The third kappa shape index (κ3) is 4.30. The number of rotatable bonds is 6. The van der Waals surface area contributed by atoms with Crippen molar-refractivity contribution in [2.24, 2.45) is 0 Å². The number of alkyl halides is 2. The quantitative estimate of drug-likeness (QED) is 0.727. The summed E-state index contributed by atoms with van der Waals surface area (Å²) in [5, 5.41) is 0. The van der Waals surface area contributed by atoms with Gasteiger partial charge in [0.25, 0.3) is 0 Å². The SMILES string of the molecule is COc1ccc(F)cc1COC(=O)c1ccc(S(=O)(=O)C(F)F)cc1. The van der Waals surface area contributed by atoms with Gasteiger partial charge in [0.15, 0.2) is 0 Å². The number of hydrogen-bond donors (Lipinski definition) is 0. The van der Waals surface area contributed by atoms with E-state index in [4.69, 9.17) is 9.47 Å². The van der Waals surface area contributed by atoms with E-state index in [0.29, 0.717) is 11.3 Å². The molecule has 134 valence electrons. The Kier molecular flexibility index (Phi) is 5.68. The van der Waals surface area contributed by atoms with Gasteiger partial charge in [0.1, 0.15) is 18.2 Å². The number of carbonyl (C=O) groups excluding carboxylic acids is 1. The van der Waals surface area contributed by atoms with Crippen molar-refractivity contribution >= 4 is 15.8 Å². The van der Waals surface area contributed by atoms with Gasteiger partial charge in [-0.05, 0) is 42.5 Å². The van der Waals surface area contributed by atoms with Gasteiger partial charge >= 0.3 is 11.7 Å². The zero-order valence-corrected chi connectivity index (χ0v) is 13.7. The Morgan fingerprint density at radius 1 is 1.12 bits per heavy atom. The largest absolute Gasteiger partial charge is 0.496 e. The first-order valence-corrected chi connectivity index (χ1v) is 8.42. The third-order valence-electron chi connectivity index (χ3n) is 3.25. The molecule has 0 bridgehead atoms. The standard InChI is InChI=1S/C16H13F3O5S/c1-23-14-7-4-12(17)8-11(14)9-24-15(20)10-2-5-13(6-3-10)25(21,22)16(18)19/h2-8,16H,9H2,1H3. The molecule has 0 saturated heterocycles. The summed E-state index contributed by atoms with van der Waals surface area (Å²) in [4.78, 5) is 11.3. The molecule has 0 aliphatic rings. The average Bonchev–Trinajstić information content (AvgIpc) is 2.59. The van der Waals surface area contributed by atoms with Crippen LogP contribution in [-0.2, 0) is 21.2 Å². The maximum absolute atomic E-state index is 13.2. The van der Waals surface area contributed by atoms with Crippen molar-refractivity contribution < 1.29 is 35.9 Å². The molecule has 0 aromatic heterocycles. The van der Waals surface area contributed by atoms with Crippen molar-refractivity contribution in [1.82, 2.24) is 0 Å². The summed E-state index contributed by atoms with van der Waals surface area (Å²) in [6.07, 6.45) is 0. The minimum atomic E-state index is -4.73. The number of carbonyl (C=O) groups is 1. The summed E-state index contributed by atoms with van der Waals surface area (Å²) in [6.45, 7) is -0.281. The van der Waals surface area contributed by atoms with Crippen LogP contribution in [0, 0.1) is 5.82 Å². The third-order valence-corrected chi connectivity index (χ3v) is 4.65. The molecular formula is C16H13F3O5S. The molecule has 0 atom stereocenters. The van der Waals surface area contributed by atoms with E-state index in [0.717, 1.165) is 30.3 Å². The molecule has 0 spiro atoms. The van der Waals surface area contributed by atoms with Gasteiger partial charge in [0.2, 0.25) is 9.84 Å². The highest BCUT2D eigenvalue weighted by atomic mass is 32.2. The molecule has 2 rings (SSSR count). The normalized spacial score (nSPS) is 11.4. The molecule has 0 aliphatic heterocycles. The van der Waals surface area contributed by atoms with Gasteiger partial charge in [-0.15, -0.1) is 0 Å². The van der Waals surface area contributed by atoms with E-state index in [1.165, 1.54) is 19.2 Å². The summed E-state index contributed by atoms with van der Waals surface area (Å²) in [5.74, 6) is -4.58. The van der Waals surface area contributed by atoms with Gasteiger partial charge in [0.05, 0.1) is 17.6 Å². The van der Waals surface area contributed by atoms with Gasteiger partial charge in [-0.2, -0.15) is 8.78 Å². The molecule has 0 saturated carbocycles. The highest BCUT2D eigenvalue weighted by Gasteiger charge is 2.26. The maximum Gasteiger partial charge on any atom is 0.341 e. The predicted molar refractivity (Wildman–Crippen MR) is 81.7 cm³/mol. The molecule has 0 unspecified atom stereocenters. The summed E-state index contributed by atoms with van der Waals surface area (Å²) in [7, 11) is -3.36. The van der Waals surface area contributed by atoms with E-state index < -0.39 is 32.3 Å². The number of benzene rings is 2. The Morgan fingerprint density at radius 3 is 2.32 bits per heavy atom. The predicted octanol–water partition coefficient (Wildman–Crippen LogP) is 3.19. The van der Waals surface area contributed by atoms with Crippen LogP contribution in [0.25, 0.3) is 0 Å². The Balaban J connectivity index is 2.11. The lowest BCUT2D eigenvalue weighted by atomic mass is 10.2. The van der Waals surface area contributed by atoms with Crippen LogP contribution in [0.5, 0.6) is 5.75 Å². The van der Waals surface area contributed by atoms with E-state index in [1.54, 1.807) is 0 Å². The first-order chi connectivity index (χ1) is 11.8. The maximum atomic E-state index is 13.2. The van der Waals surface area contributed by atoms with Crippen molar-refractivity contribution in [2.45, 2.75) is 17.3 Å². The van der Waals surface area contributed by atoms with E-state index in [1.807, 2.05) is 0 Å². The van der Waals surface area contributed by atoms with Gasteiger partial charge in [-0.3, -0.25) is 0 Å². The van der Waals surface area contributed by atoms with Gasteiger partial charge in [-0.1, -0.05) is 0 Å². The van der Waals surface area contributed by atoms with Crippen LogP contribution in [0.1, 0.15) is 15.9 Å². The van der Waals surface area contributed by atoms with Gasteiger partial charge in [-0.25, -0.2) is 17.6 Å². The number of ether oxygens (including phenoxy) is 2. The summed E-state index contributed by atoms with van der Waals surface area (Å²) in [6, 6.07) is 7.60. The molecule has 0 radical (unpaired) electrons. The van der Waals surface area contributed by atoms with E-state index >= 15 is 0 Å². The van der Waals surface area contributed by atoms with E-state index in [2.05, 4.69) is 0 Å². The van der Waals surface area contributed by atoms with Crippen molar-refractivity contribution in [3.05, 3.63) is 59.4 Å². The van der Waals surface area contributed by atoms with E-state index in [-0.39, 0.29) is 12.2 Å². The van der Waals surface area contributed by atoms with Crippen LogP contribution in [0.3, 0.4) is 0 Å². The average molecular weight is 374 g/mol. The molecule has 0 N–H and O–H groups in total. The van der Waals surface area contributed by atoms with E-state index in [9.17, 15) is 26.4 Å². The minimum absolute atomic E-state index is 0.0383. The van der Waals surface area contributed by atoms with Crippen LogP contribution < -0.4 is 4.74 Å². The van der Waals surface area contributed by atoms with Gasteiger partial charge < -0.3 is 9.47 Å². The fraction of sp³-hybridized carbons (Fsp3) is 0.188. The molecule has 0 heterocycles. The Morgan fingerprint density at radius 2 is 1.76 bits per heavy atom. The molecule has 2 aromatic carbocycles. The molecule has 2 aromatic rings. The van der Waals surface area contributed by atoms with Crippen molar-refractivity contribution in [3.63, 3.8) is 0 Å². The molecule has 0 amide bonds. The monoisotopic (exact) mass is 374 g/mol. The Bertz CT molecular complexity index is 864. The lowest BCUT2D eigenvalue weighted by molar-refractivity contribution is 0.0469. The lowest BCUT2D eigenvalue weighted by Crippen LogP contribution is -2.12. The highest BCUT2D eigenvalue weighted by Crippen LogP contribution is 2.22. The molecule has 25 heavy (non-hydrogen) atoms. The number of sulfone groups is 1. The second-order valence-electron chi connectivity index (χ2n) is 4.86. The van der Waals surface area contributed by atoms with Crippen LogP contribution >= 0.6 is 0 Å². The van der Waals surface area contributed by atoms with Crippen molar-refractivity contribution in [1.29, 1.82) is 0 Å². The summed E-state index contributed by atoms with van der Waals surface area (Å²) in [5.41, 5.74) is 0.260. The zero-order chi connectivity index (χ0) is 18.6. The number of hydrogen-bond acceptors (Lipinski definition) is 5. The Labute approximate surface area is 141 Å². The molecular weight excluding hydrogens is 361 g/mol. The fourth-order valence-electron chi connectivity index (χ4n) is 1.97. The fourth-order valence-corrected chi connectivity index (χ4v) is 2.69. The number of esters is 1. The van der Waals surface area contributed by atoms with Crippen molar-refractivity contribution in [2.75, 3.05) is 7.11 Å². The zero-order valence-electron chi connectivity index (χ0n) is 12.9. The summed E-state index contributed by atoms with van der Waals surface area (Å²) >= 11 is 0. The molecule has 9 heteroatoms. The van der Waals surface area contributed by atoms with Crippen LogP contribution in [-0.4, -0.2) is 27.3 Å². The number of methoxy groups -OCH3 is 1. The van der Waals surface area contributed by atoms with Crippen LogP contribution in [0.2, 0.25) is 0 Å². The minimum Gasteiger partial charge on any atom is -0.496 e. The van der Waals surface area contributed by atoms with Crippen LogP contribution in [0.4, 0.5) is 13.2 Å². The lowest BCUT2D eigenvalue weighted by Gasteiger charge is -2.10. The first kappa shape index (κ1) is 18.8. The topological polar surface area (TPSA) is 69.7 Å². The molecule has 0 fully saturated rings. The second kappa shape index (κ2) is 7.56.